The topological polar surface area (TPSA) is 83.9 Å². The smallest absolute Gasteiger partial charge is 0.335 e. The molecule has 1 aliphatic rings. The fourth-order valence-electron chi connectivity index (χ4n) is 3.19. The Hall–Kier alpha value is -3.36. The molecular weight excluding hydrogens is 506 g/mol. The van der Waals surface area contributed by atoms with E-state index >= 15 is 0 Å². The van der Waals surface area contributed by atoms with Gasteiger partial charge in [-0.2, -0.15) is 0 Å². The van der Waals surface area contributed by atoms with Crippen molar-refractivity contribution in [1.82, 2.24) is 4.90 Å². The molecule has 6 nitrogen and oxygen atoms in total. The average Bonchev–Trinajstić information content (AvgIpc) is 3.07. The van der Waals surface area contributed by atoms with E-state index in [1.165, 1.54) is 17.0 Å². The van der Waals surface area contributed by atoms with Gasteiger partial charge in [0.2, 0.25) is 0 Å². The Labute approximate surface area is 203 Å². The summed E-state index contributed by atoms with van der Waals surface area (Å²) in [5.41, 5.74) is 2.55. The lowest BCUT2D eigenvalue weighted by Gasteiger charge is -2.12. The van der Waals surface area contributed by atoms with E-state index in [-0.39, 0.29) is 29.9 Å². The fourth-order valence-corrected chi connectivity index (χ4v) is 4.28. The summed E-state index contributed by atoms with van der Waals surface area (Å²) >= 11 is 4.28. The second-order valence-electron chi connectivity index (χ2n) is 7.22. The van der Waals surface area contributed by atoms with Crippen molar-refractivity contribution in [3.05, 3.63) is 104 Å². The number of hydrogen-bond acceptors (Lipinski definition) is 5. The maximum atomic E-state index is 12.9. The number of imide groups is 1. The molecule has 4 rings (SSSR count). The fraction of sp³-hybridized carbons (Fsp3) is 0.0800. The molecule has 8 heteroatoms. The third-order valence-corrected chi connectivity index (χ3v) is 6.36. The third kappa shape index (κ3) is 5.53. The minimum atomic E-state index is -0.984. The molecule has 166 valence electrons. The number of nitrogens with zero attached hydrogens (tertiary/aromatic N) is 1. The van der Waals surface area contributed by atoms with Crippen LogP contribution in [0.25, 0.3) is 6.08 Å². The lowest BCUT2D eigenvalue weighted by molar-refractivity contribution is -0.123. The van der Waals surface area contributed by atoms with Gasteiger partial charge >= 0.3 is 5.97 Å². The lowest BCUT2D eigenvalue weighted by Crippen LogP contribution is -2.27. The summed E-state index contributed by atoms with van der Waals surface area (Å²) in [7, 11) is 0. The number of carbonyl (C=O) groups excluding carboxylic acids is 2. The van der Waals surface area contributed by atoms with Crippen LogP contribution in [0.3, 0.4) is 0 Å². The Morgan fingerprint density at radius 2 is 1.64 bits per heavy atom. The zero-order chi connectivity index (χ0) is 23.4. The van der Waals surface area contributed by atoms with Crippen LogP contribution in [0.5, 0.6) is 5.75 Å². The minimum absolute atomic E-state index is 0.206. The number of carbonyl (C=O) groups is 3. The number of thioether (sulfide) groups is 1. The van der Waals surface area contributed by atoms with Crippen molar-refractivity contribution < 1.29 is 24.2 Å². The molecule has 0 aromatic heterocycles. The number of benzene rings is 3. The Kier molecular flexibility index (Phi) is 6.96. The molecule has 3 aromatic rings. The first-order valence-electron chi connectivity index (χ1n) is 9.94. The summed E-state index contributed by atoms with van der Waals surface area (Å²) in [5, 5.41) is 8.70. The third-order valence-electron chi connectivity index (χ3n) is 4.93. The van der Waals surface area contributed by atoms with E-state index in [1.807, 2.05) is 42.5 Å². The van der Waals surface area contributed by atoms with Crippen LogP contribution in [0.15, 0.2) is 82.2 Å². The Morgan fingerprint density at radius 3 is 2.33 bits per heavy atom. The minimum Gasteiger partial charge on any atom is -0.488 e. The first-order valence-corrected chi connectivity index (χ1v) is 11.6. The lowest BCUT2D eigenvalue weighted by atomic mass is 10.1. The monoisotopic (exact) mass is 523 g/mol. The maximum Gasteiger partial charge on any atom is 0.335 e. The van der Waals surface area contributed by atoms with E-state index in [4.69, 9.17) is 9.84 Å². The molecule has 0 aliphatic carbocycles. The van der Waals surface area contributed by atoms with E-state index in [0.29, 0.717) is 16.2 Å². The number of amides is 2. The number of ether oxygens (including phenoxy) is 1. The van der Waals surface area contributed by atoms with Crippen LogP contribution in [0.2, 0.25) is 0 Å². The van der Waals surface area contributed by atoms with Crippen LogP contribution in [0, 0.1) is 0 Å². The quantitative estimate of drug-likeness (QED) is 0.384. The van der Waals surface area contributed by atoms with Crippen molar-refractivity contribution in [3.8, 4) is 5.75 Å². The number of carboxylic acid groups (broad SMARTS) is 1. The van der Waals surface area contributed by atoms with Gasteiger partial charge in [0.15, 0.2) is 0 Å². The van der Waals surface area contributed by atoms with E-state index in [1.54, 1.807) is 24.3 Å². The van der Waals surface area contributed by atoms with Gasteiger partial charge < -0.3 is 9.84 Å². The molecule has 33 heavy (non-hydrogen) atoms. The Balaban J connectivity index is 1.48. The van der Waals surface area contributed by atoms with Crippen LogP contribution in [0.4, 0.5) is 4.79 Å². The molecule has 1 heterocycles. The van der Waals surface area contributed by atoms with E-state index < -0.39 is 5.97 Å². The van der Waals surface area contributed by atoms with Crippen LogP contribution in [0.1, 0.15) is 27.0 Å². The van der Waals surface area contributed by atoms with Crippen LogP contribution >= 0.6 is 27.7 Å². The molecule has 1 aliphatic heterocycles. The molecule has 0 atom stereocenters. The zero-order valence-electron chi connectivity index (χ0n) is 17.2. The normalized spacial score (nSPS) is 14.7. The first-order chi connectivity index (χ1) is 15.9. The van der Waals surface area contributed by atoms with Crippen molar-refractivity contribution in [2.24, 2.45) is 0 Å². The highest BCUT2D eigenvalue weighted by atomic mass is 79.9. The van der Waals surface area contributed by atoms with Crippen molar-refractivity contribution in [3.63, 3.8) is 0 Å². The summed E-state index contributed by atoms with van der Waals surface area (Å²) in [5.74, 6) is -0.770. The molecule has 0 radical (unpaired) electrons. The highest BCUT2D eigenvalue weighted by Crippen LogP contribution is 2.35. The summed E-state index contributed by atoms with van der Waals surface area (Å²) < 4.78 is 6.84. The highest BCUT2D eigenvalue weighted by Gasteiger charge is 2.35. The van der Waals surface area contributed by atoms with Gasteiger partial charge in [-0.25, -0.2) is 4.79 Å². The largest absolute Gasteiger partial charge is 0.488 e. The highest BCUT2D eigenvalue weighted by molar-refractivity contribution is 9.10. The van der Waals surface area contributed by atoms with Crippen LogP contribution in [-0.4, -0.2) is 27.1 Å². The predicted molar refractivity (Wildman–Crippen MR) is 130 cm³/mol. The van der Waals surface area contributed by atoms with Crippen molar-refractivity contribution in [2.45, 2.75) is 13.2 Å². The van der Waals surface area contributed by atoms with Gasteiger partial charge in [0.1, 0.15) is 12.4 Å². The van der Waals surface area contributed by atoms with Crippen molar-refractivity contribution in [2.75, 3.05) is 0 Å². The molecular formula is C25H18BrNO5S. The van der Waals surface area contributed by atoms with Gasteiger partial charge in [0.25, 0.3) is 11.1 Å². The molecule has 0 bridgehead atoms. The Morgan fingerprint density at radius 1 is 0.970 bits per heavy atom. The molecule has 1 saturated heterocycles. The predicted octanol–water partition coefficient (Wildman–Crippen LogP) is 5.96. The van der Waals surface area contributed by atoms with Gasteiger partial charge in [0, 0.05) is 10.0 Å². The van der Waals surface area contributed by atoms with E-state index in [0.717, 1.165) is 27.4 Å². The first kappa shape index (κ1) is 22.8. The average molecular weight is 524 g/mol. The van der Waals surface area contributed by atoms with E-state index in [2.05, 4.69) is 15.9 Å². The molecule has 0 spiro atoms. The van der Waals surface area contributed by atoms with Crippen molar-refractivity contribution >= 4 is 50.9 Å². The Bertz CT molecular complexity index is 1240. The number of aromatic carboxylic acids is 1. The summed E-state index contributed by atoms with van der Waals surface area (Å²) in [4.78, 5) is 37.9. The molecule has 3 aromatic carbocycles. The number of carboxylic acids is 1. The molecule has 0 unspecified atom stereocenters. The van der Waals surface area contributed by atoms with Crippen LogP contribution < -0.4 is 4.74 Å². The number of rotatable bonds is 7. The number of para-hydroxylation sites is 1. The standard InChI is InChI=1S/C25H18BrNO5S/c26-20-11-7-16(8-12-20)14-27-23(28)22(33-25(27)31)13-19-3-1-2-4-21(19)32-15-17-5-9-18(10-6-17)24(29)30/h1-13H,14-15H2,(H,29,30)/b22-13-. The second kappa shape index (κ2) is 10.1. The van der Waals surface area contributed by atoms with Crippen molar-refractivity contribution in [1.29, 1.82) is 0 Å². The van der Waals surface area contributed by atoms with E-state index in [9.17, 15) is 14.4 Å². The molecule has 1 N–H and O–H groups in total. The number of halogens is 1. The van der Waals surface area contributed by atoms with Gasteiger partial charge in [-0.15, -0.1) is 0 Å². The zero-order valence-corrected chi connectivity index (χ0v) is 19.6. The molecule has 2 amide bonds. The number of hydrogen-bond donors (Lipinski definition) is 1. The maximum absolute atomic E-state index is 12.9. The SMILES string of the molecule is O=C(O)c1ccc(COc2ccccc2/C=C2\SC(=O)N(Cc3ccc(Br)cc3)C2=O)cc1. The summed E-state index contributed by atoms with van der Waals surface area (Å²) in [6, 6.07) is 21.1. The second-order valence-corrected chi connectivity index (χ2v) is 9.13. The summed E-state index contributed by atoms with van der Waals surface area (Å²) in [6.07, 6.45) is 1.66. The van der Waals surface area contributed by atoms with Crippen LogP contribution in [-0.2, 0) is 17.9 Å². The summed E-state index contributed by atoms with van der Waals surface area (Å²) in [6.45, 7) is 0.440. The van der Waals surface area contributed by atoms with Gasteiger partial charge in [-0.1, -0.05) is 58.4 Å². The van der Waals surface area contributed by atoms with Gasteiger partial charge in [0.05, 0.1) is 17.0 Å². The molecule has 0 saturated carbocycles. The van der Waals surface area contributed by atoms with Gasteiger partial charge in [-0.3, -0.25) is 14.5 Å². The van der Waals surface area contributed by atoms with Gasteiger partial charge in [-0.05, 0) is 59.3 Å². The molecule has 1 fully saturated rings.